The first-order valence-corrected chi connectivity index (χ1v) is 7.73. The maximum atomic E-state index is 12.6. The van der Waals surface area contributed by atoms with Gasteiger partial charge in [0.05, 0.1) is 17.8 Å². The van der Waals surface area contributed by atoms with E-state index >= 15 is 0 Å². The molecule has 2 aromatic rings. The molecule has 1 N–H and O–H groups in total. The van der Waals surface area contributed by atoms with Crippen molar-refractivity contribution in [2.24, 2.45) is 7.05 Å². The van der Waals surface area contributed by atoms with Gasteiger partial charge in [-0.05, 0) is 26.0 Å². The predicted octanol–water partition coefficient (Wildman–Crippen LogP) is 0.529. The maximum absolute atomic E-state index is 12.6. The van der Waals surface area contributed by atoms with E-state index in [9.17, 15) is 9.59 Å². The second kappa shape index (κ2) is 6.03. The fourth-order valence-electron chi connectivity index (χ4n) is 3.15. The molecule has 0 spiro atoms. The molecule has 2 atom stereocenters. The third-order valence-electron chi connectivity index (χ3n) is 4.26. The molecule has 0 aromatic carbocycles. The van der Waals surface area contributed by atoms with Crippen LogP contribution in [0.1, 0.15) is 40.2 Å². The molecule has 1 aliphatic heterocycles. The lowest BCUT2D eigenvalue weighted by molar-refractivity contribution is -0.127. The molecule has 2 aromatic heterocycles. The quantitative estimate of drug-likeness (QED) is 0.887. The van der Waals surface area contributed by atoms with Crippen molar-refractivity contribution in [3.63, 3.8) is 0 Å². The number of nitrogens with zero attached hydrogens (tertiary/aromatic N) is 5. The Hall–Kier alpha value is -2.77. The lowest BCUT2D eigenvalue weighted by atomic mass is 10.1. The van der Waals surface area contributed by atoms with Gasteiger partial charge in [0.2, 0.25) is 5.91 Å². The number of aryl methyl sites for hydroxylation is 3. The van der Waals surface area contributed by atoms with E-state index in [0.717, 1.165) is 11.4 Å². The van der Waals surface area contributed by atoms with Crippen LogP contribution in [0.5, 0.6) is 0 Å². The lowest BCUT2D eigenvalue weighted by Crippen LogP contribution is -2.40. The molecule has 3 rings (SSSR count). The highest BCUT2D eigenvalue weighted by atomic mass is 16.2. The van der Waals surface area contributed by atoms with Crippen LogP contribution in [0.4, 0.5) is 0 Å². The molecule has 8 heteroatoms. The molecule has 1 aliphatic rings. The van der Waals surface area contributed by atoms with E-state index in [1.165, 1.54) is 0 Å². The van der Waals surface area contributed by atoms with E-state index in [4.69, 9.17) is 0 Å². The summed E-state index contributed by atoms with van der Waals surface area (Å²) in [7, 11) is 3.56. The van der Waals surface area contributed by atoms with Crippen molar-refractivity contribution in [1.82, 2.24) is 30.0 Å². The zero-order valence-corrected chi connectivity index (χ0v) is 14.1. The molecular formula is C16H20N6O2. The van der Waals surface area contributed by atoms with Gasteiger partial charge in [-0.1, -0.05) is 0 Å². The van der Waals surface area contributed by atoms with Crippen molar-refractivity contribution in [2.75, 3.05) is 7.05 Å². The molecule has 126 valence electrons. The third kappa shape index (κ3) is 2.86. The zero-order chi connectivity index (χ0) is 17.4. The van der Waals surface area contributed by atoms with Crippen molar-refractivity contribution in [3.05, 3.63) is 41.2 Å². The molecule has 3 heterocycles. The monoisotopic (exact) mass is 328 g/mol. The van der Waals surface area contributed by atoms with Gasteiger partial charge in [0, 0.05) is 32.4 Å². The van der Waals surface area contributed by atoms with Crippen molar-refractivity contribution < 1.29 is 9.59 Å². The molecule has 0 aliphatic carbocycles. The summed E-state index contributed by atoms with van der Waals surface area (Å²) >= 11 is 0. The molecule has 1 saturated heterocycles. The topological polar surface area (TPSA) is 93.0 Å². The summed E-state index contributed by atoms with van der Waals surface area (Å²) in [5.41, 5.74) is 1.92. The maximum Gasteiger partial charge on any atom is 0.270 e. The first kappa shape index (κ1) is 16.1. The van der Waals surface area contributed by atoms with Crippen molar-refractivity contribution in [1.29, 1.82) is 0 Å². The van der Waals surface area contributed by atoms with Crippen LogP contribution in [0.15, 0.2) is 18.3 Å². The first-order chi connectivity index (χ1) is 11.4. The van der Waals surface area contributed by atoms with Crippen LogP contribution in [0.2, 0.25) is 0 Å². The molecular weight excluding hydrogens is 308 g/mol. The smallest absolute Gasteiger partial charge is 0.270 e. The summed E-state index contributed by atoms with van der Waals surface area (Å²) in [5.74, 6) is 0.230. The molecule has 2 amide bonds. The Morgan fingerprint density at radius 2 is 2.04 bits per heavy atom. The molecule has 0 bridgehead atoms. The minimum absolute atomic E-state index is 0.0125. The van der Waals surface area contributed by atoms with Gasteiger partial charge in [0.15, 0.2) is 0 Å². The lowest BCUT2D eigenvalue weighted by Gasteiger charge is -2.25. The second-order valence-electron chi connectivity index (χ2n) is 6.06. The van der Waals surface area contributed by atoms with Crippen LogP contribution in [0, 0.1) is 13.8 Å². The van der Waals surface area contributed by atoms with Gasteiger partial charge in [-0.3, -0.25) is 14.3 Å². The highest BCUT2D eigenvalue weighted by Gasteiger charge is 2.41. The van der Waals surface area contributed by atoms with Crippen molar-refractivity contribution in [3.8, 4) is 0 Å². The average molecular weight is 328 g/mol. The van der Waals surface area contributed by atoms with Crippen LogP contribution >= 0.6 is 0 Å². The Labute approximate surface area is 139 Å². The Morgan fingerprint density at radius 3 is 2.67 bits per heavy atom. The van der Waals surface area contributed by atoms with Gasteiger partial charge in [0.25, 0.3) is 5.91 Å². The van der Waals surface area contributed by atoms with Gasteiger partial charge >= 0.3 is 0 Å². The van der Waals surface area contributed by atoms with Gasteiger partial charge in [-0.2, -0.15) is 5.10 Å². The van der Waals surface area contributed by atoms with Crippen LogP contribution in [0.3, 0.4) is 0 Å². The normalized spacial score (nSPS) is 20.5. The Morgan fingerprint density at radius 1 is 1.29 bits per heavy atom. The molecule has 0 saturated carbocycles. The molecule has 24 heavy (non-hydrogen) atoms. The highest BCUT2D eigenvalue weighted by molar-refractivity contribution is 5.93. The van der Waals surface area contributed by atoms with Crippen LogP contribution < -0.4 is 5.32 Å². The summed E-state index contributed by atoms with van der Waals surface area (Å²) in [4.78, 5) is 34.7. The first-order valence-electron chi connectivity index (χ1n) is 7.73. The van der Waals surface area contributed by atoms with Crippen molar-refractivity contribution in [2.45, 2.75) is 32.4 Å². The van der Waals surface area contributed by atoms with E-state index in [-0.39, 0.29) is 30.3 Å². The predicted molar refractivity (Wildman–Crippen MR) is 86.1 cm³/mol. The van der Waals surface area contributed by atoms with Gasteiger partial charge in [-0.25, -0.2) is 9.97 Å². The standard InChI is InChI=1S/C16H20N6O2/c1-9-7-12(19-10(2)18-9)16(24)20-11-8-14(23)21(3)15(11)13-5-6-17-22(13)4/h5-7,11,15H,8H2,1-4H3,(H,20,24)/t11-,15-/m1/s1. The van der Waals surface area contributed by atoms with Crippen molar-refractivity contribution >= 4 is 11.8 Å². The summed E-state index contributed by atoms with van der Waals surface area (Å²) in [6, 6.07) is 2.92. The number of aromatic nitrogens is 4. The van der Waals surface area contributed by atoms with Crippen LogP contribution in [-0.4, -0.2) is 49.6 Å². The highest BCUT2D eigenvalue weighted by Crippen LogP contribution is 2.31. The molecule has 0 radical (unpaired) electrons. The number of likely N-dealkylation sites (tertiary alicyclic amines) is 1. The number of carbonyl (C=O) groups is 2. The number of hydrogen-bond donors (Lipinski definition) is 1. The summed E-state index contributed by atoms with van der Waals surface area (Å²) < 4.78 is 1.72. The van der Waals surface area contributed by atoms with Crippen LogP contribution in [-0.2, 0) is 11.8 Å². The number of amides is 2. The van der Waals surface area contributed by atoms with E-state index in [1.54, 1.807) is 35.8 Å². The Bertz CT molecular complexity index is 779. The number of nitrogens with one attached hydrogen (secondary N) is 1. The Balaban J connectivity index is 1.86. The van der Waals surface area contributed by atoms with Crippen LogP contribution in [0.25, 0.3) is 0 Å². The third-order valence-corrected chi connectivity index (χ3v) is 4.26. The number of carbonyl (C=O) groups excluding carboxylic acids is 2. The minimum atomic E-state index is -0.332. The van der Waals surface area contributed by atoms with Gasteiger partial charge in [-0.15, -0.1) is 0 Å². The number of hydrogen-bond acceptors (Lipinski definition) is 5. The SMILES string of the molecule is Cc1cc(C(=O)N[C@@H]2CC(=O)N(C)[C@H]2c2ccnn2C)nc(C)n1. The number of rotatable bonds is 3. The summed E-state index contributed by atoms with van der Waals surface area (Å²) in [6.45, 7) is 3.56. The second-order valence-corrected chi connectivity index (χ2v) is 6.06. The number of likely N-dealkylation sites (N-methyl/N-ethyl adjacent to an activating group) is 1. The van der Waals surface area contributed by atoms with E-state index < -0.39 is 0 Å². The Kier molecular flexibility index (Phi) is 4.04. The summed E-state index contributed by atoms with van der Waals surface area (Å²) in [5, 5.41) is 7.10. The van der Waals surface area contributed by atoms with Gasteiger partial charge in [0.1, 0.15) is 11.5 Å². The molecule has 0 unspecified atom stereocenters. The van der Waals surface area contributed by atoms with E-state index in [2.05, 4.69) is 20.4 Å². The molecule has 1 fully saturated rings. The van der Waals surface area contributed by atoms with E-state index in [1.807, 2.05) is 20.0 Å². The summed E-state index contributed by atoms with van der Waals surface area (Å²) in [6.07, 6.45) is 1.93. The fraction of sp³-hybridized carbons (Fsp3) is 0.438. The largest absolute Gasteiger partial charge is 0.345 e. The fourth-order valence-corrected chi connectivity index (χ4v) is 3.15. The average Bonchev–Trinajstić information content (AvgIpc) is 3.02. The van der Waals surface area contributed by atoms with Gasteiger partial charge < -0.3 is 10.2 Å². The minimum Gasteiger partial charge on any atom is -0.345 e. The zero-order valence-electron chi connectivity index (χ0n) is 14.1. The molecule has 8 nitrogen and oxygen atoms in total. The van der Waals surface area contributed by atoms with E-state index in [0.29, 0.717) is 11.5 Å².